The first-order chi connectivity index (χ1) is 14.2. The van der Waals surface area contributed by atoms with E-state index in [4.69, 9.17) is 9.47 Å². The molecule has 0 unspecified atom stereocenters. The number of benzene rings is 3. The molecular weight excluding hydrogens is 380 g/mol. The number of rotatable bonds is 5. The molecular formula is C25H22O5. The third kappa shape index (κ3) is 5.20. The average Bonchev–Trinajstić information content (AvgIpc) is 2.65. The van der Waals surface area contributed by atoms with Crippen molar-refractivity contribution >= 4 is 18.2 Å². The minimum absolute atomic E-state index is 0.0890. The van der Waals surface area contributed by atoms with E-state index in [-0.39, 0.29) is 16.7 Å². The van der Waals surface area contributed by atoms with Crippen molar-refractivity contribution < 1.29 is 23.9 Å². The molecule has 3 aromatic carbocycles. The second kappa shape index (κ2) is 8.74. The smallest absolute Gasteiger partial charge is 0.343 e. The second-order valence-corrected chi connectivity index (χ2v) is 7.39. The largest absolute Gasteiger partial charge is 0.423 e. The number of carbonyl (C=O) groups is 3. The van der Waals surface area contributed by atoms with Gasteiger partial charge < -0.3 is 9.47 Å². The van der Waals surface area contributed by atoms with Crippen molar-refractivity contribution in [1.29, 1.82) is 0 Å². The molecule has 30 heavy (non-hydrogen) atoms. The molecule has 0 spiro atoms. The van der Waals surface area contributed by atoms with Gasteiger partial charge in [0.05, 0.1) is 11.1 Å². The number of aldehydes is 1. The van der Waals surface area contributed by atoms with E-state index in [0.717, 1.165) is 22.3 Å². The Hall–Kier alpha value is -3.73. The first-order valence-corrected chi connectivity index (χ1v) is 9.45. The molecule has 5 nitrogen and oxygen atoms in total. The fourth-order valence-electron chi connectivity index (χ4n) is 3.27. The van der Waals surface area contributed by atoms with E-state index < -0.39 is 11.9 Å². The number of hydrogen-bond donors (Lipinski definition) is 0. The van der Waals surface area contributed by atoms with Gasteiger partial charge in [-0.05, 0) is 92.4 Å². The molecule has 0 saturated heterocycles. The van der Waals surface area contributed by atoms with Crippen LogP contribution in [0.3, 0.4) is 0 Å². The fraction of sp³-hybridized carbons (Fsp3) is 0.160. The van der Waals surface area contributed by atoms with Gasteiger partial charge in [0, 0.05) is 5.56 Å². The maximum atomic E-state index is 12.6. The molecule has 152 valence electrons. The van der Waals surface area contributed by atoms with Crippen LogP contribution in [-0.2, 0) is 0 Å². The maximum Gasteiger partial charge on any atom is 0.343 e. The first kappa shape index (κ1) is 21.0. The molecule has 5 heteroatoms. The van der Waals surface area contributed by atoms with Gasteiger partial charge in [-0.15, -0.1) is 0 Å². The van der Waals surface area contributed by atoms with Gasteiger partial charge in [-0.3, -0.25) is 4.79 Å². The molecule has 0 aliphatic rings. The molecule has 3 aromatic rings. The van der Waals surface area contributed by atoms with Crippen LogP contribution >= 0.6 is 0 Å². The van der Waals surface area contributed by atoms with Crippen molar-refractivity contribution in [3.05, 3.63) is 93.5 Å². The van der Waals surface area contributed by atoms with Crippen molar-refractivity contribution in [2.75, 3.05) is 0 Å². The summed E-state index contributed by atoms with van der Waals surface area (Å²) in [6, 6.07) is 15.0. The Morgan fingerprint density at radius 3 is 1.30 bits per heavy atom. The van der Waals surface area contributed by atoms with Crippen LogP contribution in [0, 0.1) is 27.7 Å². The lowest BCUT2D eigenvalue weighted by Crippen LogP contribution is -2.14. The minimum Gasteiger partial charge on any atom is -0.423 e. The second-order valence-electron chi connectivity index (χ2n) is 7.39. The van der Waals surface area contributed by atoms with Gasteiger partial charge in [0.2, 0.25) is 0 Å². The molecule has 0 saturated carbocycles. The first-order valence-electron chi connectivity index (χ1n) is 9.45. The molecule has 0 radical (unpaired) electrons. The molecule has 0 N–H and O–H groups in total. The summed E-state index contributed by atoms with van der Waals surface area (Å²) in [6.07, 6.45) is 0.571. The van der Waals surface area contributed by atoms with Crippen LogP contribution in [0.15, 0.2) is 54.6 Å². The maximum absolute atomic E-state index is 12.6. The van der Waals surface area contributed by atoms with Crippen LogP contribution in [0.25, 0.3) is 0 Å². The third-order valence-electron chi connectivity index (χ3n) is 4.37. The van der Waals surface area contributed by atoms with Crippen LogP contribution in [0.4, 0.5) is 0 Å². The SMILES string of the molecule is Cc1cc(C)cc(OC(=O)c2cc(C=O)cc(C(=O)Oc3cc(C)cc(C)c3)c2)c1. The average molecular weight is 402 g/mol. The topological polar surface area (TPSA) is 69.7 Å². The molecule has 0 aliphatic heterocycles. The van der Waals surface area contributed by atoms with Crippen LogP contribution in [0.1, 0.15) is 53.3 Å². The number of aryl methyl sites for hydroxylation is 4. The molecule has 3 rings (SSSR count). The Labute approximate surface area is 175 Å². The summed E-state index contributed by atoms with van der Waals surface area (Å²) >= 11 is 0. The summed E-state index contributed by atoms with van der Waals surface area (Å²) < 4.78 is 10.9. The van der Waals surface area contributed by atoms with Crippen molar-refractivity contribution in [3.8, 4) is 11.5 Å². The van der Waals surface area contributed by atoms with E-state index in [1.807, 2.05) is 39.8 Å². The van der Waals surface area contributed by atoms with E-state index in [2.05, 4.69) is 0 Å². The zero-order valence-electron chi connectivity index (χ0n) is 17.3. The van der Waals surface area contributed by atoms with E-state index >= 15 is 0 Å². The highest BCUT2D eigenvalue weighted by atomic mass is 16.5. The van der Waals surface area contributed by atoms with E-state index in [1.54, 1.807) is 24.3 Å². The quantitative estimate of drug-likeness (QED) is 0.334. The van der Waals surface area contributed by atoms with Crippen LogP contribution < -0.4 is 9.47 Å². The van der Waals surface area contributed by atoms with Crippen LogP contribution in [-0.4, -0.2) is 18.2 Å². The van der Waals surface area contributed by atoms with Crippen LogP contribution in [0.5, 0.6) is 11.5 Å². The lowest BCUT2D eigenvalue weighted by atomic mass is 10.1. The predicted molar refractivity (Wildman–Crippen MR) is 114 cm³/mol. The third-order valence-corrected chi connectivity index (χ3v) is 4.37. The standard InChI is InChI=1S/C25H22O5/c1-15-5-16(2)8-22(7-15)29-24(27)20-11-19(14-26)12-21(13-20)25(28)30-23-9-17(3)6-18(4)10-23/h5-14H,1-4H3. The van der Waals surface area contributed by atoms with Gasteiger partial charge in [-0.1, -0.05) is 12.1 Å². The minimum atomic E-state index is -0.663. The Kier molecular flexibility index (Phi) is 6.11. The highest BCUT2D eigenvalue weighted by Crippen LogP contribution is 2.21. The van der Waals surface area contributed by atoms with E-state index in [1.165, 1.54) is 18.2 Å². The molecule has 0 fully saturated rings. The zero-order chi connectivity index (χ0) is 21.8. The molecule has 0 heterocycles. The highest BCUT2D eigenvalue weighted by molar-refractivity contribution is 5.99. The van der Waals surface area contributed by atoms with Gasteiger partial charge in [0.25, 0.3) is 0 Å². The van der Waals surface area contributed by atoms with Crippen molar-refractivity contribution in [2.24, 2.45) is 0 Å². The monoisotopic (exact) mass is 402 g/mol. The Balaban J connectivity index is 1.87. The van der Waals surface area contributed by atoms with Gasteiger partial charge in [-0.2, -0.15) is 0 Å². The van der Waals surface area contributed by atoms with Crippen LogP contribution in [0.2, 0.25) is 0 Å². The van der Waals surface area contributed by atoms with Gasteiger partial charge in [-0.25, -0.2) is 9.59 Å². The summed E-state index contributed by atoms with van der Waals surface area (Å²) in [6.45, 7) is 7.61. The summed E-state index contributed by atoms with van der Waals surface area (Å²) in [5, 5.41) is 0. The van der Waals surface area contributed by atoms with E-state index in [9.17, 15) is 14.4 Å². The number of esters is 2. The molecule has 0 aromatic heterocycles. The number of carbonyl (C=O) groups excluding carboxylic acids is 3. The summed E-state index contributed by atoms with van der Waals surface area (Å²) in [4.78, 5) is 36.6. The molecule has 0 bridgehead atoms. The number of hydrogen-bond acceptors (Lipinski definition) is 5. The summed E-state index contributed by atoms with van der Waals surface area (Å²) in [5.41, 5.74) is 4.18. The normalized spacial score (nSPS) is 10.4. The Bertz CT molecular complexity index is 1020. The van der Waals surface area contributed by atoms with Crippen molar-refractivity contribution in [1.82, 2.24) is 0 Å². The summed E-state index contributed by atoms with van der Waals surface area (Å²) in [7, 11) is 0. The highest BCUT2D eigenvalue weighted by Gasteiger charge is 2.17. The number of ether oxygens (including phenoxy) is 2. The lowest BCUT2D eigenvalue weighted by molar-refractivity contribution is 0.0734. The van der Waals surface area contributed by atoms with Gasteiger partial charge >= 0.3 is 11.9 Å². The zero-order valence-corrected chi connectivity index (χ0v) is 17.3. The lowest BCUT2D eigenvalue weighted by Gasteiger charge is -2.10. The van der Waals surface area contributed by atoms with Gasteiger partial charge in [0.15, 0.2) is 0 Å². The Morgan fingerprint density at radius 1 is 0.600 bits per heavy atom. The van der Waals surface area contributed by atoms with Crippen molar-refractivity contribution in [2.45, 2.75) is 27.7 Å². The van der Waals surface area contributed by atoms with Crippen molar-refractivity contribution in [3.63, 3.8) is 0 Å². The summed E-state index contributed by atoms with van der Waals surface area (Å²) in [5.74, 6) is -0.532. The predicted octanol–water partition coefficient (Wildman–Crippen LogP) is 5.17. The molecule has 0 amide bonds. The molecule has 0 aliphatic carbocycles. The Morgan fingerprint density at radius 2 is 0.967 bits per heavy atom. The fourth-order valence-corrected chi connectivity index (χ4v) is 3.27. The van der Waals surface area contributed by atoms with E-state index in [0.29, 0.717) is 17.8 Å². The van der Waals surface area contributed by atoms with Gasteiger partial charge in [0.1, 0.15) is 17.8 Å². The molecule has 0 atom stereocenters.